The Morgan fingerprint density at radius 3 is 1.54 bits per heavy atom. The maximum atomic E-state index is 5.34. The number of aromatic nitrogens is 3. The van der Waals surface area contributed by atoms with Crippen LogP contribution in [0.3, 0.4) is 0 Å². The van der Waals surface area contributed by atoms with Gasteiger partial charge >= 0.3 is 0 Å². The Kier molecular flexibility index (Phi) is 8.21. The van der Waals surface area contributed by atoms with Gasteiger partial charge in [-0.1, -0.05) is 176 Å². The second kappa shape index (κ2) is 13.9. The first-order valence-corrected chi connectivity index (χ1v) is 22.7. The molecule has 11 aromatic rings. The van der Waals surface area contributed by atoms with Gasteiger partial charge in [0.25, 0.3) is 0 Å². The fourth-order valence-electron chi connectivity index (χ4n) is 8.53. The summed E-state index contributed by atoms with van der Waals surface area (Å²) in [6.07, 6.45) is 0. The number of nitrogens with zero attached hydrogens (tertiary/aromatic N) is 3. The van der Waals surface area contributed by atoms with E-state index in [2.05, 4.69) is 182 Å². The SMILES string of the molecule is c1ccc(-c2nc(-c3cccc([Si](c4ccccc4)(c4ccccc4)c4ccc5c(c4)sc4ccccc45)c3)nc(-c3cccc4sc5ccccc5c34)n2)cc1. The summed E-state index contributed by atoms with van der Waals surface area (Å²) < 4.78 is 5.08. The molecule has 0 amide bonds. The second-order valence-corrected chi connectivity index (χ2v) is 20.3. The molecule has 0 spiro atoms. The lowest BCUT2D eigenvalue weighted by Crippen LogP contribution is -2.74. The standard InChI is InChI=1S/C51H33N3S2Si/c1-4-16-34(17-5-1)49-52-50(54-51(53-49)43-26-15-29-46-48(43)42-25-11-13-28-45(42)55-46)35-18-14-23-38(32-35)57(36-19-6-2-7-20-36,37-21-8-3-9-22-37)39-30-31-41-40-24-10-12-27-44(40)56-47(41)33-39/h1-33H. The molecule has 3 nitrogen and oxygen atoms in total. The Morgan fingerprint density at radius 2 is 0.807 bits per heavy atom. The summed E-state index contributed by atoms with van der Waals surface area (Å²) in [5, 5.41) is 10.3. The molecular weight excluding hydrogens is 747 g/mol. The fourth-order valence-corrected chi connectivity index (χ4v) is 15.7. The number of rotatable bonds is 7. The molecule has 3 aromatic heterocycles. The smallest absolute Gasteiger partial charge is 0.179 e. The van der Waals surface area contributed by atoms with Crippen molar-refractivity contribution in [3.63, 3.8) is 0 Å². The molecule has 0 aliphatic heterocycles. The van der Waals surface area contributed by atoms with Crippen LogP contribution < -0.4 is 20.7 Å². The minimum Gasteiger partial charge on any atom is -0.208 e. The highest BCUT2D eigenvalue weighted by Gasteiger charge is 2.42. The van der Waals surface area contributed by atoms with E-state index in [0.717, 1.165) is 16.7 Å². The minimum atomic E-state index is -2.91. The molecule has 0 aliphatic carbocycles. The van der Waals surface area contributed by atoms with E-state index in [9.17, 15) is 0 Å². The van der Waals surface area contributed by atoms with Crippen molar-refractivity contribution in [2.24, 2.45) is 0 Å². The molecule has 0 bridgehead atoms. The van der Waals surface area contributed by atoms with Gasteiger partial charge in [-0.2, -0.15) is 0 Å². The predicted octanol–water partition coefficient (Wildman–Crippen LogP) is 11.0. The summed E-state index contributed by atoms with van der Waals surface area (Å²) in [5.41, 5.74) is 2.92. The van der Waals surface area contributed by atoms with E-state index >= 15 is 0 Å². The zero-order chi connectivity index (χ0) is 37.8. The van der Waals surface area contributed by atoms with Crippen LogP contribution >= 0.6 is 22.7 Å². The maximum absolute atomic E-state index is 5.34. The molecule has 0 radical (unpaired) electrons. The molecule has 268 valence electrons. The predicted molar refractivity (Wildman–Crippen MR) is 246 cm³/mol. The summed E-state index contributed by atoms with van der Waals surface area (Å²) >= 11 is 3.68. The van der Waals surface area contributed by atoms with Crippen molar-refractivity contribution in [2.45, 2.75) is 0 Å². The van der Waals surface area contributed by atoms with Crippen molar-refractivity contribution >= 4 is 91.8 Å². The first kappa shape index (κ1) is 33.7. The van der Waals surface area contributed by atoms with Crippen LogP contribution in [-0.2, 0) is 0 Å². The fraction of sp³-hybridized carbons (Fsp3) is 0. The van der Waals surface area contributed by atoms with Crippen LogP contribution in [0, 0.1) is 0 Å². The summed E-state index contributed by atoms with van der Waals surface area (Å²) in [7, 11) is -2.91. The molecule has 3 heterocycles. The van der Waals surface area contributed by atoms with Crippen LogP contribution in [-0.4, -0.2) is 23.0 Å². The van der Waals surface area contributed by atoms with E-state index in [1.54, 1.807) is 11.3 Å². The maximum Gasteiger partial charge on any atom is 0.179 e. The summed E-state index contributed by atoms with van der Waals surface area (Å²) in [4.78, 5) is 15.8. The van der Waals surface area contributed by atoms with Gasteiger partial charge < -0.3 is 0 Å². The summed E-state index contributed by atoms with van der Waals surface area (Å²) in [6, 6.07) is 72.6. The Bertz CT molecular complexity index is 3210. The third kappa shape index (κ3) is 5.64. The largest absolute Gasteiger partial charge is 0.208 e. The Morgan fingerprint density at radius 1 is 0.316 bits per heavy atom. The molecule has 0 atom stereocenters. The van der Waals surface area contributed by atoms with E-state index < -0.39 is 8.07 Å². The molecule has 0 aliphatic rings. The van der Waals surface area contributed by atoms with Gasteiger partial charge in [0, 0.05) is 57.0 Å². The normalized spacial score (nSPS) is 11.9. The van der Waals surface area contributed by atoms with Gasteiger partial charge in [0.1, 0.15) is 0 Å². The average molecular weight is 780 g/mol. The van der Waals surface area contributed by atoms with Gasteiger partial charge in [-0.15, -0.1) is 22.7 Å². The van der Waals surface area contributed by atoms with E-state index in [1.165, 1.54) is 61.1 Å². The molecular formula is C51H33N3S2Si. The van der Waals surface area contributed by atoms with Crippen LogP contribution in [0.1, 0.15) is 0 Å². The van der Waals surface area contributed by atoms with Gasteiger partial charge in [0.2, 0.25) is 0 Å². The van der Waals surface area contributed by atoms with Crippen LogP contribution in [0.15, 0.2) is 200 Å². The number of thiophene rings is 2. The molecule has 6 heteroatoms. The van der Waals surface area contributed by atoms with E-state index in [-0.39, 0.29) is 0 Å². The van der Waals surface area contributed by atoms with Gasteiger partial charge in [-0.25, -0.2) is 15.0 Å². The van der Waals surface area contributed by atoms with Gasteiger partial charge in [-0.3, -0.25) is 0 Å². The van der Waals surface area contributed by atoms with Crippen LogP contribution in [0.4, 0.5) is 0 Å². The lowest BCUT2D eigenvalue weighted by Gasteiger charge is -2.34. The van der Waals surface area contributed by atoms with Crippen molar-refractivity contribution in [1.82, 2.24) is 15.0 Å². The van der Waals surface area contributed by atoms with Crippen molar-refractivity contribution in [3.05, 3.63) is 200 Å². The quantitative estimate of drug-likeness (QED) is 0.119. The highest BCUT2D eigenvalue weighted by atomic mass is 32.1. The molecule has 0 fully saturated rings. The van der Waals surface area contributed by atoms with Gasteiger partial charge in [-0.05, 0) is 45.0 Å². The molecule has 8 aromatic carbocycles. The zero-order valence-corrected chi connectivity index (χ0v) is 33.3. The van der Waals surface area contributed by atoms with E-state index in [1.807, 2.05) is 29.5 Å². The van der Waals surface area contributed by atoms with Crippen LogP contribution in [0.25, 0.3) is 74.5 Å². The van der Waals surface area contributed by atoms with Crippen molar-refractivity contribution < 1.29 is 0 Å². The topological polar surface area (TPSA) is 38.7 Å². The van der Waals surface area contributed by atoms with Crippen molar-refractivity contribution in [1.29, 1.82) is 0 Å². The highest BCUT2D eigenvalue weighted by molar-refractivity contribution is 7.26. The molecule has 57 heavy (non-hydrogen) atoms. The van der Waals surface area contributed by atoms with Crippen molar-refractivity contribution in [3.8, 4) is 34.2 Å². The van der Waals surface area contributed by atoms with Crippen LogP contribution in [0.2, 0.25) is 0 Å². The first-order chi connectivity index (χ1) is 28.2. The number of hydrogen-bond acceptors (Lipinski definition) is 5. The molecule has 0 unspecified atom stereocenters. The molecule has 0 N–H and O–H groups in total. The van der Waals surface area contributed by atoms with E-state index in [4.69, 9.17) is 15.0 Å². The monoisotopic (exact) mass is 779 g/mol. The highest BCUT2D eigenvalue weighted by Crippen LogP contribution is 2.40. The van der Waals surface area contributed by atoms with Crippen molar-refractivity contribution in [2.75, 3.05) is 0 Å². The average Bonchev–Trinajstić information content (AvgIpc) is 3.86. The Labute approximate surface area is 339 Å². The van der Waals surface area contributed by atoms with Gasteiger partial charge in [0.05, 0.1) is 0 Å². The zero-order valence-electron chi connectivity index (χ0n) is 30.7. The Hall–Kier alpha value is -6.57. The summed E-state index contributed by atoms with van der Waals surface area (Å²) in [5.74, 6) is 1.98. The lowest BCUT2D eigenvalue weighted by molar-refractivity contribution is 1.08. The third-order valence-electron chi connectivity index (χ3n) is 11.1. The number of benzene rings is 8. The Balaban J connectivity index is 1.17. The third-order valence-corrected chi connectivity index (χ3v) is 18.1. The summed E-state index contributed by atoms with van der Waals surface area (Å²) in [6.45, 7) is 0. The molecule has 0 saturated carbocycles. The first-order valence-electron chi connectivity index (χ1n) is 19.1. The number of hydrogen-bond donors (Lipinski definition) is 0. The van der Waals surface area contributed by atoms with Gasteiger partial charge in [0.15, 0.2) is 25.5 Å². The number of fused-ring (bicyclic) bond motifs is 6. The second-order valence-electron chi connectivity index (χ2n) is 14.3. The van der Waals surface area contributed by atoms with E-state index in [0.29, 0.717) is 17.5 Å². The minimum absolute atomic E-state index is 0.654. The molecule has 11 rings (SSSR count). The molecule has 0 saturated heterocycles. The van der Waals surface area contributed by atoms with Crippen LogP contribution in [0.5, 0.6) is 0 Å². The lowest BCUT2D eigenvalue weighted by atomic mass is 10.1.